The summed E-state index contributed by atoms with van der Waals surface area (Å²) in [5, 5.41) is 10.1. The first-order chi connectivity index (χ1) is 7.95. The summed E-state index contributed by atoms with van der Waals surface area (Å²) in [4.78, 5) is 0. The van der Waals surface area contributed by atoms with Crippen molar-refractivity contribution in [1.82, 2.24) is 0 Å². The Morgan fingerprint density at radius 3 is 2.18 bits per heavy atom. The van der Waals surface area contributed by atoms with Crippen molar-refractivity contribution in [2.75, 3.05) is 6.61 Å². The van der Waals surface area contributed by atoms with Crippen LogP contribution >= 0.6 is 0 Å². The molecular formula is C15H24O2. The Bertz CT molecular complexity index is 348. The number of hydrogen-bond donors (Lipinski definition) is 1. The number of benzene rings is 1. The fraction of sp³-hybridized carbons (Fsp3) is 0.600. The highest BCUT2D eigenvalue weighted by Crippen LogP contribution is 2.19. The molecule has 1 aromatic rings. The molecule has 1 rings (SSSR count). The van der Waals surface area contributed by atoms with E-state index >= 15 is 0 Å². The molecule has 0 aliphatic heterocycles. The van der Waals surface area contributed by atoms with E-state index in [1.165, 1.54) is 22.3 Å². The third-order valence-corrected chi connectivity index (χ3v) is 3.23. The van der Waals surface area contributed by atoms with E-state index in [-0.39, 0.29) is 6.10 Å². The Kier molecular flexibility index (Phi) is 5.16. The number of hydrogen-bond acceptors (Lipinski definition) is 2. The monoisotopic (exact) mass is 236 g/mol. The molecule has 0 radical (unpaired) electrons. The van der Waals surface area contributed by atoms with E-state index in [4.69, 9.17) is 4.74 Å². The molecule has 0 aliphatic carbocycles. The van der Waals surface area contributed by atoms with Crippen LogP contribution in [0.4, 0.5) is 0 Å². The fourth-order valence-electron chi connectivity index (χ4n) is 2.28. The first-order valence-corrected chi connectivity index (χ1v) is 6.32. The molecule has 2 atom stereocenters. The summed E-state index contributed by atoms with van der Waals surface area (Å²) in [5.74, 6) is 0. The van der Waals surface area contributed by atoms with Crippen molar-refractivity contribution in [3.05, 3.63) is 34.4 Å². The van der Waals surface area contributed by atoms with Crippen LogP contribution in [-0.2, 0) is 11.2 Å². The molecular weight excluding hydrogens is 212 g/mol. The molecule has 0 amide bonds. The lowest BCUT2D eigenvalue weighted by Crippen LogP contribution is -2.28. The minimum absolute atomic E-state index is 0.111. The Labute approximate surface area is 105 Å². The van der Waals surface area contributed by atoms with Crippen molar-refractivity contribution >= 4 is 0 Å². The maximum absolute atomic E-state index is 10.1. The minimum atomic E-state index is -0.435. The van der Waals surface area contributed by atoms with E-state index in [9.17, 15) is 5.11 Å². The van der Waals surface area contributed by atoms with E-state index in [0.29, 0.717) is 13.0 Å². The number of rotatable bonds is 5. The lowest BCUT2D eigenvalue weighted by molar-refractivity contribution is -0.0209. The second kappa shape index (κ2) is 6.18. The topological polar surface area (TPSA) is 29.5 Å². The Balaban J connectivity index is 2.81. The minimum Gasteiger partial charge on any atom is -0.390 e. The van der Waals surface area contributed by atoms with Crippen LogP contribution in [-0.4, -0.2) is 23.9 Å². The molecule has 0 spiro atoms. The van der Waals surface area contributed by atoms with Crippen LogP contribution < -0.4 is 0 Å². The van der Waals surface area contributed by atoms with E-state index in [1.807, 2.05) is 13.8 Å². The van der Waals surface area contributed by atoms with Crippen molar-refractivity contribution in [3.8, 4) is 0 Å². The van der Waals surface area contributed by atoms with Crippen molar-refractivity contribution in [2.24, 2.45) is 0 Å². The third kappa shape index (κ3) is 3.83. The molecule has 0 bridgehead atoms. The van der Waals surface area contributed by atoms with Gasteiger partial charge in [-0.05, 0) is 51.3 Å². The van der Waals surface area contributed by atoms with E-state index in [2.05, 4.69) is 32.9 Å². The summed E-state index contributed by atoms with van der Waals surface area (Å²) in [5.41, 5.74) is 5.03. The first kappa shape index (κ1) is 14.2. The zero-order valence-corrected chi connectivity index (χ0v) is 11.6. The standard InChI is InChI=1S/C15H24O2/c1-6-17-13(5)15(16)9-14-11(3)7-10(2)8-12(14)4/h7-8,13,15-16H,6,9H2,1-5H3. The van der Waals surface area contributed by atoms with Crippen molar-refractivity contribution in [2.45, 2.75) is 53.2 Å². The molecule has 17 heavy (non-hydrogen) atoms. The summed E-state index contributed by atoms with van der Waals surface area (Å²) in [6.45, 7) is 10.8. The van der Waals surface area contributed by atoms with Gasteiger partial charge in [-0.1, -0.05) is 17.7 Å². The van der Waals surface area contributed by atoms with Crippen LogP contribution in [0.15, 0.2) is 12.1 Å². The van der Waals surface area contributed by atoms with Gasteiger partial charge >= 0.3 is 0 Å². The number of aliphatic hydroxyl groups is 1. The smallest absolute Gasteiger partial charge is 0.0839 e. The predicted octanol–water partition coefficient (Wildman–Crippen LogP) is 2.94. The van der Waals surface area contributed by atoms with Gasteiger partial charge in [0.15, 0.2) is 0 Å². The molecule has 1 aromatic carbocycles. The highest BCUT2D eigenvalue weighted by molar-refractivity contribution is 5.37. The van der Waals surface area contributed by atoms with Gasteiger partial charge in [-0.15, -0.1) is 0 Å². The molecule has 0 aromatic heterocycles. The van der Waals surface area contributed by atoms with Gasteiger partial charge in [-0.25, -0.2) is 0 Å². The summed E-state index contributed by atoms with van der Waals surface area (Å²) in [7, 11) is 0. The molecule has 0 fully saturated rings. The van der Waals surface area contributed by atoms with E-state index < -0.39 is 6.10 Å². The molecule has 0 saturated heterocycles. The zero-order valence-electron chi connectivity index (χ0n) is 11.6. The van der Waals surface area contributed by atoms with Crippen LogP contribution in [0.2, 0.25) is 0 Å². The number of aliphatic hydroxyl groups excluding tert-OH is 1. The highest BCUT2D eigenvalue weighted by atomic mass is 16.5. The van der Waals surface area contributed by atoms with Crippen molar-refractivity contribution in [3.63, 3.8) is 0 Å². The van der Waals surface area contributed by atoms with Crippen molar-refractivity contribution < 1.29 is 9.84 Å². The average molecular weight is 236 g/mol. The van der Waals surface area contributed by atoms with Crippen LogP contribution in [0.5, 0.6) is 0 Å². The van der Waals surface area contributed by atoms with Gasteiger partial charge in [0.25, 0.3) is 0 Å². The maximum Gasteiger partial charge on any atom is 0.0839 e. The molecule has 2 nitrogen and oxygen atoms in total. The molecule has 0 heterocycles. The molecule has 2 unspecified atom stereocenters. The van der Waals surface area contributed by atoms with Gasteiger partial charge in [0.2, 0.25) is 0 Å². The van der Waals surface area contributed by atoms with Gasteiger partial charge in [-0.2, -0.15) is 0 Å². The van der Waals surface area contributed by atoms with E-state index in [0.717, 1.165) is 0 Å². The van der Waals surface area contributed by atoms with Gasteiger partial charge in [0.05, 0.1) is 12.2 Å². The van der Waals surface area contributed by atoms with E-state index in [1.54, 1.807) is 0 Å². The fourth-order valence-corrected chi connectivity index (χ4v) is 2.28. The second-order valence-corrected chi connectivity index (χ2v) is 4.81. The Morgan fingerprint density at radius 2 is 1.71 bits per heavy atom. The van der Waals surface area contributed by atoms with Gasteiger partial charge in [0.1, 0.15) is 0 Å². The van der Waals surface area contributed by atoms with Crippen LogP contribution in [0.3, 0.4) is 0 Å². The van der Waals surface area contributed by atoms with Gasteiger partial charge in [0, 0.05) is 13.0 Å². The Hall–Kier alpha value is -0.860. The van der Waals surface area contributed by atoms with Crippen LogP contribution in [0.25, 0.3) is 0 Å². The quantitative estimate of drug-likeness (QED) is 0.851. The summed E-state index contributed by atoms with van der Waals surface area (Å²) in [6.07, 6.45) is 0.120. The largest absolute Gasteiger partial charge is 0.390 e. The van der Waals surface area contributed by atoms with Gasteiger partial charge < -0.3 is 9.84 Å². The predicted molar refractivity (Wildman–Crippen MR) is 71.5 cm³/mol. The lowest BCUT2D eigenvalue weighted by atomic mass is 9.94. The Morgan fingerprint density at radius 1 is 1.18 bits per heavy atom. The second-order valence-electron chi connectivity index (χ2n) is 4.81. The molecule has 0 saturated carbocycles. The zero-order chi connectivity index (χ0) is 13.0. The normalized spacial score (nSPS) is 14.7. The highest BCUT2D eigenvalue weighted by Gasteiger charge is 2.17. The number of ether oxygens (including phenoxy) is 1. The first-order valence-electron chi connectivity index (χ1n) is 6.32. The van der Waals surface area contributed by atoms with Crippen LogP contribution in [0.1, 0.15) is 36.1 Å². The summed E-state index contributed by atoms with van der Waals surface area (Å²) < 4.78 is 5.43. The third-order valence-electron chi connectivity index (χ3n) is 3.23. The average Bonchev–Trinajstić information content (AvgIpc) is 2.23. The SMILES string of the molecule is CCOC(C)C(O)Cc1c(C)cc(C)cc1C. The maximum atomic E-state index is 10.1. The van der Waals surface area contributed by atoms with Crippen molar-refractivity contribution in [1.29, 1.82) is 0 Å². The summed E-state index contributed by atoms with van der Waals surface area (Å²) in [6, 6.07) is 4.33. The molecule has 1 N–H and O–H groups in total. The van der Waals surface area contributed by atoms with Crippen LogP contribution in [0, 0.1) is 20.8 Å². The lowest BCUT2D eigenvalue weighted by Gasteiger charge is -2.21. The molecule has 0 aliphatic rings. The molecule has 96 valence electrons. The van der Waals surface area contributed by atoms with Gasteiger partial charge in [-0.3, -0.25) is 0 Å². The number of aryl methyl sites for hydroxylation is 3. The molecule has 2 heteroatoms. The summed E-state index contributed by atoms with van der Waals surface area (Å²) >= 11 is 0.